The summed E-state index contributed by atoms with van der Waals surface area (Å²) in [5.74, 6) is 2.17. The average Bonchev–Trinajstić information content (AvgIpc) is 3.15. The van der Waals surface area contributed by atoms with Gasteiger partial charge in [-0.15, -0.1) is 0 Å². The molecule has 0 unspecified atom stereocenters. The maximum absolute atomic E-state index is 9.57. The number of ether oxygens (including phenoxy) is 3. The van der Waals surface area contributed by atoms with E-state index in [1.807, 2.05) is 48.5 Å². The van der Waals surface area contributed by atoms with E-state index in [1.165, 1.54) is 0 Å². The Bertz CT molecular complexity index is 1040. The monoisotopic (exact) mass is 345 g/mol. The van der Waals surface area contributed by atoms with E-state index in [9.17, 15) is 5.26 Å². The molecule has 0 saturated carbocycles. The lowest BCUT2D eigenvalue weighted by Crippen LogP contribution is -2.00. The summed E-state index contributed by atoms with van der Waals surface area (Å²) in [6, 6.07) is 17.0. The number of methoxy groups -OCH3 is 1. The van der Waals surface area contributed by atoms with Crippen molar-refractivity contribution in [1.29, 1.82) is 5.26 Å². The van der Waals surface area contributed by atoms with Crippen molar-refractivity contribution in [2.24, 2.45) is 0 Å². The second kappa shape index (κ2) is 6.30. The molecule has 2 N–H and O–H groups in total. The van der Waals surface area contributed by atoms with Crippen LogP contribution in [-0.2, 0) is 0 Å². The Morgan fingerprint density at radius 1 is 1.08 bits per heavy atom. The van der Waals surface area contributed by atoms with Crippen LogP contribution in [0.25, 0.3) is 22.4 Å². The first-order chi connectivity index (χ1) is 12.7. The van der Waals surface area contributed by atoms with Gasteiger partial charge in [-0.05, 0) is 35.9 Å². The van der Waals surface area contributed by atoms with Crippen molar-refractivity contribution < 1.29 is 14.2 Å². The van der Waals surface area contributed by atoms with Crippen LogP contribution in [0.5, 0.6) is 17.2 Å². The van der Waals surface area contributed by atoms with Crippen LogP contribution < -0.4 is 19.9 Å². The smallest absolute Gasteiger partial charge is 0.231 e. The zero-order valence-electron chi connectivity index (χ0n) is 14.0. The molecular weight excluding hydrogens is 330 g/mol. The molecule has 2 heterocycles. The first-order valence-corrected chi connectivity index (χ1v) is 7.95. The number of aromatic nitrogens is 1. The van der Waals surface area contributed by atoms with Crippen molar-refractivity contribution in [2.45, 2.75) is 0 Å². The van der Waals surface area contributed by atoms with Gasteiger partial charge >= 0.3 is 0 Å². The number of nitrogens with two attached hydrogens (primary N) is 1. The number of fused-ring (bicyclic) bond motifs is 1. The van der Waals surface area contributed by atoms with Crippen molar-refractivity contribution >= 4 is 5.82 Å². The molecule has 0 bridgehead atoms. The van der Waals surface area contributed by atoms with E-state index in [1.54, 1.807) is 7.11 Å². The normalized spacial score (nSPS) is 11.8. The van der Waals surface area contributed by atoms with Crippen molar-refractivity contribution in [3.05, 3.63) is 54.1 Å². The van der Waals surface area contributed by atoms with Crippen LogP contribution in [0, 0.1) is 11.3 Å². The zero-order chi connectivity index (χ0) is 18.1. The Balaban J connectivity index is 1.92. The van der Waals surface area contributed by atoms with Gasteiger partial charge in [-0.25, -0.2) is 4.98 Å². The van der Waals surface area contributed by atoms with Crippen LogP contribution in [0.4, 0.5) is 5.82 Å². The Labute approximate surface area is 150 Å². The molecule has 0 spiro atoms. The second-order valence-electron chi connectivity index (χ2n) is 5.70. The van der Waals surface area contributed by atoms with Crippen molar-refractivity contribution in [2.75, 3.05) is 19.6 Å². The number of nitriles is 1. The number of hydrogen-bond donors (Lipinski definition) is 1. The largest absolute Gasteiger partial charge is 0.496 e. The molecule has 0 saturated heterocycles. The van der Waals surface area contributed by atoms with Gasteiger partial charge in [-0.2, -0.15) is 5.26 Å². The van der Waals surface area contributed by atoms with Gasteiger partial charge in [-0.3, -0.25) is 0 Å². The molecule has 4 rings (SSSR count). The Hall–Kier alpha value is -3.72. The van der Waals surface area contributed by atoms with Gasteiger partial charge in [0.25, 0.3) is 0 Å². The molecule has 0 aliphatic carbocycles. The van der Waals surface area contributed by atoms with E-state index in [0.29, 0.717) is 34.1 Å². The third-order valence-corrected chi connectivity index (χ3v) is 4.23. The van der Waals surface area contributed by atoms with Gasteiger partial charge < -0.3 is 19.9 Å². The van der Waals surface area contributed by atoms with Gasteiger partial charge in [0.15, 0.2) is 11.5 Å². The average molecular weight is 345 g/mol. The summed E-state index contributed by atoms with van der Waals surface area (Å²) >= 11 is 0. The summed E-state index contributed by atoms with van der Waals surface area (Å²) in [4.78, 5) is 4.40. The van der Waals surface area contributed by atoms with Crippen LogP contribution in [0.15, 0.2) is 48.5 Å². The molecule has 128 valence electrons. The van der Waals surface area contributed by atoms with Gasteiger partial charge in [0.1, 0.15) is 23.2 Å². The maximum atomic E-state index is 9.57. The zero-order valence-corrected chi connectivity index (χ0v) is 14.0. The first kappa shape index (κ1) is 15.8. The summed E-state index contributed by atoms with van der Waals surface area (Å²) < 4.78 is 16.2. The van der Waals surface area contributed by atoms with E-state index < -0.39 is 0 Å². The minimum atomic E-state index is 0.170. The van der Waals surface area contributed by atoms with E-state index in [4.69, 9.17) is 19.9 Å². The van der Waals surface area contributed by atoms with E-state index in [-0.39, 0.29) is 12.6 Å². The Kier molecular flexibility index (Phi) is 3.82. The molecule has 1 aromatic heterocycles. The molecule has 0 atom stereocenters. The van der Waals surface area contributed by atoms with Crippen LogP contribution >= 0.6 is 0 Å². The van der Waals surface area contributed by atoms with Crippen molar-refractivity contribution in [3.8, 4) is 45.7 Å². The molecular formula is C20H15N3O3. The topological polar surface area (TPSA) is 90.4 Å². The number of anilines is 1. The number of benzene rings is 2. The molecule has 3 aromatic rings. The number of para-hydroxylation sites is 1. The fourth-order valence-electron chi connectivity index (χ4n) is 2.97. The first-order valence-electron chi connectivity index (χ1n) is 7.95. The predicted octanol–water partition coefficient (Wildman–Crippen LogP) is 3.61. The van der Waals surface area contributed by atoms with E-state index >= 15 is 0 Å². The van der Waals surface area contributed by atoms with Crippen LogP contribution in [0.3, 0.4) is 0 Å². The number of hydrogen-bond acceptors (Lipinski definition) is 6. The summed E-state index contributed by atoms with van der Waals surface area (Å²) in [7, 11) is 1.60. The molecule has 1 aliphatic heterocycles. The number of nitrogens with zero attached hydrogens (tertiary/aromatic N) is 2. The van der Waals surface area contributed by atoms with E-state index in [0.717, 1.165) is 11.1 Å². The highest BCUT2D eigenvalue weighted by atomic mass is 16.7. The third-order valence-electron chi connectivity index (χ3n) is 4.23. The lowest BCUT2D eigenvalue weighted by atomic mass is 9.98. The van der Waals surface area contributed by atoms with Gasteiger partial charge in [0.05, 0.1) is 12.8 Å². The highest BCUT2D eigenvalue weighted by molar-refractivity contribution is 5.82. The summed E-state index contributed by atoms with van der Waals surface area (Å²) in [5.41, 5.74) is 9.32. The fourth-order valence-corrected chi connectivity index (χ4v) is 2.97. The molecule has 0 fully saturated rings. The fraction of sp³-hybridized carbons (Fsp3) is 0.100. The van der Waals surface area contributed by atoms with Crippen LogP contribution in [-0.4, -0.2) is 18.9 Å². The Morgan fingerprint density at radius 3 is 2.69 bits per heavy atom. The highest BCUT2D eigenvalue weighted by Crippen LogP contribution is 2.39. The molecule has 6 heteroatoms. The standard InChI is InChI=1S/C20H15N3O3/c1-24-17-5-3-2-4-13(17)16-9-14(15(10-21)20(22)23-16)12-6-7-18-19(8-12)26-11-25-18/h2-9H,11H2,1H3,(H2,22,23). The van der Waals surface area contributed by atoms with Crippen molar-refractivity contribution in [3.63, 3.8) is 0 Å². The molecule has 0 amide bonds. The third kappa shape index (κ3) is 2.56. The van der Waals surface area contributed by atoms with Crippen molar-refractivity contribution in [1.82, 2.24) is 4.98 Å². The van der Waals surface area contributed by atoms with E-state index in [2.05, 4.69) is 11.1 Å². The number of rotatable bonds is 3. The van der Waals surface area contributed by atoms with Gasteiger partial charge in [0, 0.05) is 11.1 Å². The lowest BCUT2D eigenvalue weighted by Gasteiger charge is -2.12. The van der Waals surface area contributed by atoms with Crippen LogP contribution in [0.1, 0.15) is 5.56 Å². The lowest BCUT2D eigenvalue weighted by molar-refractivity contribution is 0.174. The summed E-state index contributed by atoms with van der Waals surface area (Å²) in [6.07, 6.45) is 0. The molecule has 6 nitrogen and oxygen atoms in total. The highest BCUT2D eigenvalue weighted by Gasteiger charge is 2.19. The second-order valence-corrected chi connectivity index (χ2v) is 5.70. The Morgan fingerprint density at radius 2 is 1.88 bits per heavy atom. The quantitative estimate of drug-likeness (QED) is 0.780. The molecule has 0 radical (unpaired) electrons. The SMILES string of the molecule is COc1ccccc1-c1cc(-c2ccc3c(c2)OCO3)c(C#N)c(N)n1. The summed E-state index contributed by atoms with van der Waals surface area (Å²) in [5, 5.41) is 9.57. The molecule has 2 aromatic carbocycles. The number of pyridine rings is 1. The summed E-state index contributed by atoms with van der Waals surface area (Å²) in [6.45, 7) is 0.189. The minimum absolute atomic E-state index is 0.170. The van der Waals surface area contributed by atoms with Crippen LogP contribution in [0.2, 0.25) is 0 Å². The minimum Gasteiger partial charge on any atom is -0.496 e. The predicted molar refractivity (Wildman–Crippen MR) is 96.9 cm³/mol. The number of nitrogen functional groups attached to an aromatic ring is 1. The molecule has 1 aliphatic rings. The molecule has 26 heavy (non-hydrogen) atoms. The van der Waals surface area contributed by atoms with Gasteiger partial charge in [0.2, 0.25) is 6.79 Å². The van der Waals surface area contributed by atoms with Gasteiger partial charge in [-0.1, -0.05) is 18.2 Å². The maximum Gasteiger partial charge on any atom is 0.231 e.